The number of nitrogens with two attached hydrogens (primary N) is 1. The van der Waals surface area contributed by atoms with Crippen molar-refractivity contribution in [3.8, 4) is 0 Å². The van der Waals surface area contributed by atoms with Gasteiger partial charge in [0.2, 0.25) is 0 Å². The normalized spacial score (nSPS) is 14.2. The summed E-state index contributed by atoms with van der Waals surface area (Å²) in [5.41, 5.74) is 6.11. The molecule has 0 saturated carbocycles. The van der Waals surface area contributed by atoms with Crippen molar-refractivity contribution < 1.29 is 9.53 Å². The van der Waals surface area contributed by atoms with Crippen LogP contribution in [0.25, 0.3) is 0 Å². The van der Waals surface area contributed by atoms with E-state index in [4.69, 9.17) is 10.5 Å². The molecule has 1 atom stereocenters. The van der Waals surface area contributed by atoms with E-state index < -0.39 is 6.23 Å². The van der Waals surface area contributed by atoms with E-state index in [9.17, 15) is 4.79 Å². The van der Waals surface area contributed by atoms with Gasteiger partial charge < -0.3 is 4.74 Å². The minimum absolute atomic E-state index is 0.321. The highest BCUT2D eigenvalue weighted by Gasteiger charge is 2.09. The maximum atomic E-state index is 11.1. The summed E-state index contributed by atoms with van der Waals surface area (Å²) in [6, 6.07) is 0. The highest BCUT2D eigenvalue weighted by atomic mass is 16.6. The van der Waals surface area contributed by atoms with Gasteiger partial charge in [0.15, 0.2) is 6.23 Å². The number of esters is 1. The van der Waals surface area contributed by atoms with Gasteiger partial charge >= 0.3 is 5.97 Å². The largest absolute Gasteiger partial charge is 0.443 e. The first-order valence-corrected chi connectivity index (χ1v) is 4.21. The van der Waals surface area contributed by atoms with E-state index in [-0.39, 0.29) is 5.97 Å². The Kier molecular flexibility index (Phi) is 5.37. The van der Waals surface area contributed by atoms with Gasteiger partial charge in [-0.15, -0.1) is 0 Å². The van der Waals surface area contributed by atoms with E-state index in [0.717, 1.165) is 6.42 Å². The van der Waals surface area contributed by atoms with Crippen LogP contribution in [0, 0.1) is 0 Å². The molecule has 1 unspecified atom stereocenters. The number of allylic oxidation sites excluding steroid dienone is 1. The van der Waals surface area contributed by atoms with Gasteiger partial charge in [-0.1, -0.05) is 19.4 Å². The van der Waals surface area contributed by atoms with Crippen LogP contribution >= 0.6 is 0 Å². The zero-order valence-corrected chi connectivity index (χ0v) is 7.96. The molecule has 0 radical (unpaired) electrons. The average Bonchev–Trinajstić information content (AvgIpc) is 2.03. The molecular weight excluding hydrogens is 154 g/mol. The molecule has 0 spiro atoms. The first kappa shape index (κ1) is 11.2. The van der Waals surface area contributed by atoms with Crippen LogP contribution in [0.5, 0.6) is 0 Å². The topological polar surface area (TPSA) is 52.3 Å². The predicted octanol–water partition coefficient (Wildman–Crippen LogP) is 1.58. The standard InChI is InChI=1S/C9H17NO2/c1-4-6-8(10)12-9(11)7(3)5-2/h5,8H,4,6,10H2,1-3H3/b7-5+. The van der Waals surface area contributed by atoms with E-state index in [1.54, 1.807) is 19.9 Å². The lowest BCUT2D eigenvalue weighted by Crippen LogP contribution is -2.27. The Morgan fingerprint density at radius 1 is 1.67 bits per heavy atom. The molecule has 0 fully saturated rings. The van der Waals surface area contributed by atoms with Gasteiger partial charge in [0.1, 0.15) is 0 Å². The van der Waals surface area contributed by atoms with Crippen LogP contribution < -0.4 is 5.73 Å². The Labute approximate surface area is 73.6 Å². The highest BCUT2D eigenvalue weighted by molar-refractivity contribution is 5.87. The van der Waals surface area contributed by atoms with Crippen molar-refractivity contribution in [1.29, 1.82) is 0 Å². The summed E-state index contributed by atoms with van der Waals surface area (Å²) < 4.78 is 4.91. The van der Waals surface area contributed by atoms with Crippen LogP contribution in [0.1, 0.15) is 33.6 Å². The number of hydrogen-bond donors (Lipinski definition) is 1. The van der Waals surface area contributed by atoms with E-state index in [1.807, 2.05) is 6.92 Å². The molecule has 0 heterocycles. The van der Waals surface area contributed by atoms with Gasteiger partial charge in [-0.25, -0.2) is 4.79 Å². The Hall–Kier alpha value is -0.830. The number of ether oxygens (including phenoxy) is 1. The zero-order chi connectivity index (χ0) is 9.56. The summed E-state index contributed by atoms with van der Waals surface area (Å²) in [6.07, 6.45) is 2.88. The second-order valence-electron chi connectivity index (χ2n) is 2.70. The third-order valence-corrected chi connectivity index (χ3v) is 1.59. The van der Waals surface area contributed by atoms with Crippen molar-refractivity contribution in [3.63, 3.8) is 0 Å². The van der Waals surface area contributed by atoms with Crippen LogP contribution in [0.4, 0.5) is 0 Å². The molecule has 0 aliphatic carbocycles. The summed E-state index contributed by atoms with van der Waals surface area (Å²) in [6.45, 7) is 5.50. The van der Waals surface area contributed by atoms with Gasteiger partial charge in [-0.3, -0.25) is 5.73 Å². The average molecular weight is 171 g/mol. The second kappa shape index (κ2) is 5.77. The summed E-state index contributed by atoms with van der Waals surface area (Å²) in [4.78, 5) is 11.1. The van der Waals surface area contributed by atoms with Crippen LogP contribution in [0.15, 0.2) is 11.6 Å². The monoisotopic (exact) mass is 171 g/mol. The van der Waals surface area contributed by atoms with Crippen molar-refractivity contribution in [2.75, 3.05) is 0 Å². The second-order valence-corrected chi connectivity index (χ2v) is 2.70. The van der Waals surface area contributed by atoms with Gasteiger partial charge in [-0.05, 0) is 20.3 Å². The summed E-state index contributed by atoms with van der Waals surface area (Å²) >= 11 is 0. The Bertz CT molecular complexity index is 175. The SMILES string of the molecule is C/C=C(\C)C(=O)OC(N)CCC. The van der Waals surface area contributed by atoms with E-state index >= 15 is 0 Å². The Morgan fingerprint density at radius 2 is 2.25 bits per heavy atom. The van der Waals surface area contributed by atoms with Crippen LogP contribution in [0.2, 0.25) is 0 Å². The molecule has 2 N–H and O–H groups in total. The predicted molar refractivity (Wildman–Crippen MR) is 48.4 cm³/mol. The number of rotatable bonds is 4. The molecule has 3 heteroatoms. The summed E-state index contributed by atoms with van der Waals surface area (Å²) in [5, 5.41) is 0. The molecule has 3 nitrogen and oxygen atoms in total. The van der Waals surface area contributed by atoms with E-state index in [2.05, 4.69) is 0 Å². The molecule has 0 saturated heterocycles. The van der Waals surface area contributed by atoms with Crippen LogP contribution in [-0.2, 0) is 9.53 Å². The fraction of sp³-hybridized carbons (Fsp3) is 0.667. The molecule has 70 valence electrons. The molecule has 0 rings (SSSR count). The van der Waals surface area contributed by atoms with Crippen LogP contribution in [-0.4, -0.2) is 12.2 Å². The molecule has 0 amide bonds. The third-order valence-electron chi connectivity index (χ3n) is 1.59. The lowest BCUT2D eigenvalue weighted by Gasteiger charge is -2.11. The molecule has 0 aromatic rings. The molecule has 12 heavy (non-hydrogen) atoms. The molecule has 0 bridgehead atoms. The quantitative estimate of drug-likeness (QED) is 0.397. The minimum atomic E-state index is -0.461. The lowest BCUT2D eigenvalue weighted by atomic mass is 10.3. The van der Waals surface area contributed by atoms with Gasteiger partial charge in [0.25, 0.3) is 0 Å². The first-order chi connectivity index (χ1) is 5.61. The Balaban J connectivity index is 3.84. The van der Waals surface area contributed by atoms with Gasteiger partial charge in [-0.2, -0.15) is 0 Å². The van der Waals surface area contributed by atoms with Gasteiger partial charge in [0, 0.05) is 5.57 Å². The molecular formula is C9H17NO2. The highest BCUT2D eigenvalue weighted by Crippen LogP contribution is 2.01. The van der Waals surface area contributed by atoms with Gasteiger partial charge in [0.05, 0.1) is 0 Å². The maximum Gasteiger partial charge on any atom is 0.334 e. The smallest absolute Gasteiger partial charge is 0.334 e. The zero-order valence-electron chi connectivity index (χ0n) is 7.96. The van der Waals surface area contributed by atoms with Crippen molar-refractivity contribution in [2.24, 2.45) is 5.73 Å². The summed E-state index contributed by atoms with van der Waals surface area (Å²) in [5.74, 6) is -0.321. The fourth-order valence-electron chi connectivity index (χ4n) is 0.692. The first-order valence-electron chi connectivity index (χ1n) is 4.21. The summed E-state index contributed by atoms with van der Waals surface area (Å²) in [7, 11) is 0. The van der Waals surface area contributed by atoms with Crippen molar-refractivity contribution in [1.82, 2.24) is 0 Å². The van der Waals surface area contributed by atoms with E-state index in [0.29, 0.717) is 12.0 Å². The van der Waals surface area contributed by atoms with Crippen molar-refractivity contribution >= 4 is 5.97 Å². The minimum Gasteiger partial charge on any atom is -0.443 e. The number of carbonyl (C=O) groups excluding carboxylic acids is 1. The number of hydrogen-bond acceptors (Lipinski definition) is 3. The fourth-order valence-corrected chi connectivity index (χ4v) is 0.692. The molecule has 0 aromatic carbocycles. The maximum absolute atomic E-state index is 11.1. The van der Waals surface area contributed by atoms with E-state index in [1.165, 1.54) is 0 Å². The lowest BCUT2D eigenvalue weighted by molar-refractivity contribution is -0.144. The van der Waals surface area contributed by atoms with Crippen molar-refractivity contribution in [2.45, 2.75) is 39.8 Å². The number of carbonyl (C=O) groups is 1. The molecule has 0 aliphatic rings. The molecule has 0 aromatic heterocycles. The third kappa shape index (κ3) is 4.13. The van der Waals surface area contributed by atoms with Crippen LogP contribution in [0.3, 0.4) is 0 Å². The molecule has 0 aliphatic heterocycles. The Morgan fingerprint density at radius 3 is 2.67 bits per heavy atom. The van der Waals surface area contributed by atoms with Crippen molar-refractivity contribution in [3.05, 3.63) is 11.6 Å².